The first-order valence-electron chi connectivity index (χ1n) is 8.25. The minimum Gasteiger partial charge on any atom is -0.482 e. The third kappa shape index (κ3) is 4.80. The summed E-state index contributed by atoms with van der Waals surface area (Å²) >= 11 is 13.3. The second kappa shape index (κ2) is 8.30. The van der Waals surface area contributed by atoms with Gasteiger partial charge in [0.1, 0.15) is 5.75 Å². The van der Waals surface area contributed by atoms with Gasteiger partial charge >= 0.3 is 0 Å². The lowest BCUT2D eigenvalue weighted by molar-refractivity contribution is -0.118. The minimum atomic E-state index is -0.306. The van der Waals surface area contributed by atoms with E-state index in [1.807, 2.05) is 5.38 Å². The molecule has 0 unspecified atom stereocenters. The lowest BCUT2D eigenvalue weighted by Crippen LogP contribution is -2.20. The average Bonchev–Trinajstić information content (AvgIpc) is 3.01. The number of thiazole rings is 1. The number of anilines is 1. The van der Waals surface area contributed by atoms with Gasteiger partial charge in [0.2, 0.25) is 0 Å². The Bertz CT molecular complexity index is 978. The number of benzene rings is 2. The largest absolute Gasteiger partial charge is 0.482 e. The lowest BCUT2D eigenvalue weighted by Gasteiger charge is -2.09. The van der Waals surface area contributed by atoms with Crippen molar-refractivity contribution in [2.24, 2.45) is 0 Å². The van der Waals surface area contributed by atoms with Crippen molar-refractivity contribution in [3.63, 3.8) is 0 Å². The van der Waals surface area contributed by atoms with Crippen LogP contribution in [-0.2, 0) is 4.79 Å². The Balaban J connectivity index is 1.66. The van der Waals surface area contributed by atoms with Crippen LogP contribution in [0.15, 0.2) is 35.7 Å². The Morgan fingerprint density at radius 2 is 1.85 bits per heavy atom. The molecular weight excluding hydrogens is 403 g/mol. The number of nitrogens with one attached hydrogen (secondary N) is 1. The van der Waals surface area contributed by atoms with Gasteiger partial charge in [-0.05, 0) is 50.1 Å². The molecule has 2 aromatic carbocycles. The predicted octanol–water partition coefficient (Wildman–Crippen LogP) is 6.06. The van der Waals surface area contributed by atoms with E-state index in [0.717, 1.165) is 22.4 Å². The van der Waals surface area contributed by atoms with Gasteiger partial charge in [-0.1, -0.05) is 40.9 Å². The van der Waals surface area contributed by atoms with Crippen LogP contribution in [0.25, 0.3) is 11.3 Å². The number of hydrogen-bond donors (Lipinski definition) is 1. The highest BCUT2D eigenvalue weighted by Crippen LogP contribution is 2.31. The number of rotatable bonds is 5. The molecule has 0 bridgehead atoms. The highest BCUT2D eigenvalue weighted by Gasteiger charge is 2.13. The van der Waals surface area contributed by atoms with Crippen LogP contribution in [-0.4, -0.2) is 17.5 Å². The van der Waals surface area contributed by atoms with Gasteiger partial charge in [-0.3, -0.25) is 10.1 Å². The maximum absolute atomic E-state index is 12.1. The van der Waals surface area contributed by atoms with Crippen LogP contribution in [0.4, 0.5) is 5.13 Å². The van der Waals surface area contributed by atoms with Crippen molar-refractivity contribution in [3.8, 4) is 17.0 Å². The van der Waals surface area contributed by atoms with E-state index in [1.165, 1.54) is 16.9 Å². The maximum Gasteiger partial charge on any atom is 0.264 e. The highest BCUT2D eigenvalue weighted by atomic mass is 35.5. The van der Waals surface area contributed by atoms with E-state index in [1.54, 1.807) is 18.2 Å². The smallest absolute Gasteiger partial charge is 0.264 e. The fourth-order valence-corrected chi connectivity index (χ4v) is 4.10. The van der Waals surface area contributed by atoms with Crippen LogP contribution in [0.5, 0.6) is 5.75 Å². The van der Waals surface area contributed by atoms with Crippen molar-refractivity contribution in [1.82, 2.24) is 4.98 Å². The third-order valence-electron chi connectivity index (χ3n) is 3.94. The molecule has 3 aromatic rings. The van der Waals surface area contributed by atoms with Gasteiger partial charge in [-0.25, -0.2) is 4.98 Å². The topological polar surface area (TPSA) is 51.2 Å². The molecule has 1 heterocycles. The molecule has 7 heteroatoms. The van der Waals surface area contributed by atoms with Crippen molar-refractivity contribution >= 4 is 45.6 Å². The molecule has 0 radical (unpaired) electrons. The first-order valence-corrected chi connectivity index (χ1v) is 9.88. The van der Waals surface area contributed by atoms with Crippen molar-refractivity contribution in [1.29, 1.82) is 0 Å². The van der Waals surface area contributed by atoms with Crippen LogP contribution < -0.4 is 10.1 Å². The number of carbonyl (C=O) groups is 1. The zero-order chi connectivity index (χ0) is 19.6. The summed E-state index contributed by atoms with van der Waals surface area (Å²) in [5.74, 6) is 0.0983. The third-order valence-corrected chi connectivity index (χ3v) is 5.22. The van der Waals surface area contributed by atoms with Crippen LogP contribution >= 0.6 is 34.5 Å². The van der Waals surface area contributed by atoms with Crippen molar-refractivity contribution < 1.29 is 9.53 Å². The quantitative estimate of drug-likeness (QED) is 0.545. The Labute approximate surface area is 172 Å². The Morgan fingerprint density at radius 3 is 2.52 bits per heavy atom. The van der Waals surface area contributed by atoms with E-state index >= 15 is 0 Å². The van der Waals surface area contributed by atoms with Crippen molar-refractivity contribution in [2.75, 3.05) is 11.9 Å². The zero-order valence-corrected chi connectivity index (χ0v) is 17.4. The van der Waals surface area contributed by atoms with Crippen molar-refractivity contribution in [2.45, 2.75) is 20.8 Å². The van der Waals surface area contributed by atoms with Gasteiger partial charge in [0.25, 0.3) is 5.91 Å². The summed E-state index contributed by atoms with van der Waals surface area (Å²) in [4.78, 5) is 16.7. The minimum absolute atomic E-state index is 0.168. The van der Waals surface area contributed by atoms with Gasteiger partial charge in [-0.15, -0.1) is 11.3 Å². The van der Waals surface area contributed by atoms with Gasteiger partial charge < -0.3 is 4.74 Å². The number of halogens is 2. The molecule has 4 nitrogen and oxygen atoms in total. The molecule has 0 aliphatic heterocycles. The van der Waals surface area contributed by atoms with E-state index in [2.05, 4.69) is 43.2 Å². The molecule has 0 atom stereocenters. The number of aryl methyl sites for hydroxylation is 3. The van der Waals surface area contributed by atoms with E-state index in [4.69, 9.17) is 27.9 Å². The molecule has 3 rings (SSSR count). The summed E-state index contributed by atoms with van der Waals surface area (Å²) in [6, 6.07) is 9.10. The number of ether oxygens (including phenoxy) is 1. The van der Waals surface area contributed by atoms with E-state index in [-0.39, 0.29) is 12.5 Å². The molecule has 1 aromatic heterocycles. The SMILES string of the molecule is Cc1cc(C)c(-c2csc(NC(=O)COc3ccc(Cl)cc3Cl)n2)c(C)c1. The number of amides is 1. The first kappa shape index (κ1) is 19.7. The van der Waals surface area contributed by atoms with E-state index in [9.17, 15) is 4.79 Å². The second-order valence-electron chi connectivity index (χ2n) is 6.22. The van der Waals surface area contributed by atoms with Gasteiger partial charge in [0.15, 0.2) is 11.7 Å². The first-order chi connectivity index (χ1) is 12.8. The Kier molecular flexibility index (Phi) is 6.05. The molecule has 27 heavy (non-hydrogen) atoms. The van der Waals surface area contributed by atoms with Crippen LogP contribution in [0.3, 0.4) is 0 Å². The number of carbonyl (C=O) groups excluding carboxylic acids is 1. The predicted molar refractivity (Wildman–Crippen MR) is 112 cm³/mol. The second-order valence-corrected chi connectivity index (χ2v) is 7.92. The van der Waals surface area contributed by atoms with E-state index in [0.29, 0.717) is 20.9 Å². The molecule has 1 amide bonds. The van der Waals surface area contributed by atoms with Gasteiger partial charge in [0.05, 0.1) is 10.7 Å². The van der Waals surface area contributed by atoms with Crippen molar-refractivity contribution in [3.05, 3.63) is 62.4 Å². The Hall–Kier alpha value is -2.08. The molecule has 140 valence electrons. The highest BCUT2D eigenvalue weighted by molar-refractivity contribution is 7.14. The summed E-state index contributed by atoms with van der Waals surface area (Å²) < 4.78 is 5.44. The van der Waals surface area contributed by atoms with Gasteiger partial charge in [-0.2, -0.15) is 0 Å². The number of nitrogens with zero attached hydrogens (tertiary/aromatic N) is 1. The fraction of sp³-hybridized carbons (Fsp3) is 0.200. The Morgan fingerprint density at radius 1 is 1.15 bits per heavy atom. The number of aromatic nitrogens is 1. The molecule has 0 saturated heterocycles. The summed E-state index contributed by atoms with van der Waals surface area (Å²) in [5.41, 5.74) is 5.50. The van der Waals surface area contributed by atoms with Crippen LogP contribution in [0.2, 0.25) is 10.0 Å². The maximum atomic E-state index is 12.1. The normalized spacial score (nSPS) is 10.7. The molecule has 0 aliphatic rings. The molecule has 1 N–H and O–H groups in total. The monoisotopic (exact) mass is 420 g/mol. The van der Waals surface area contributed by atoms with Gasteiger partial charge in [0, 0.05) is 16.0 Å². The molecule has 0 aliphatic carbocycles. The molecular formula is C20H18Cl2N2O2S. The average molecular weight is 421 g/mol. The summed E-state index contributed by atoms with van der Waals surface area (Å²) in [6.45, 7) is 6.04. The summed E-state index contributed by atoms with van der Waals surface area (Å²) in [6.07, 6.45) is 0. The summed E-state index contributed by atoms with van der Waals surface area (Å²) in [5, 5.41) is 6.09. The molecule has 0 saturated carbocycles. The standard InChI is InChI=1S/C20H18Cl2N2O2S/c1-11-6-12(2)19(13(3)7-11)16-10-27-20(23-16)24-18(25)9-26-17-5-4-14(21)8-15(17)22/h4-8,10H,9H2,1-3H3,(H,23,24,25). The summed E-state index contributed by atoms with van der Waals surface area (Å²) in [7, 11) is 0. The van der Waals surface area contributed by atoms with Crippen LogP contribution in [0, 0.1) is 20.8 Å². The molecule has 0 fully saturated rings. The van der Waals surface area contributed by atoms with Crippen LogP contribution in [0.1, 0.15) is 16.7 Å². The lowest BCUT2D eigenvalue weighted by atomic mass is 9.98. The molecule has 0 spiro atoms. The number of hydrogen-bond acceptors (Lipinski definition) is 4. The fourth-order valence-electron chi connectivity index (χ4n) is 2.92. The zero-order valence-electron chi connectivity index (χ0n) is 15.1. The van der Waals surface area contributed by atoms with E-state index < -0.39 is 0 Å².